The van der Waals surface area contributed by atoms with Gasteiger partial charge in [0.15, 0.2) is 0 Å². The second-order valence-corrected chi connectivity index (χ2v) is 5.12. The standard InChI is InChI=1S/C15H14ClN7/c16-13-20-14(19)22-15(21-13)23(11-5-1-9(17)2-6-11)12-7-3-10(18)4-8-12/h1-8H,17-18H2,(H2,19,20,21,22). The van der Waals surface area contributed by atoms with Crippen molar-refractivity contribution in [1.82, 2.24) is 15.0 Å². The van der Waals surface area contributed by atoms with E-state index in [1.54, 1.807) is 29.2 Å². The summed E-state index contributed by atoms with van der Waals surface area (Å²) < 4.78 is 0. The van der Waals surface area contributed by atoms with Gasteiger partial charge in [0.1, 0.15) is 0 Å². The number of nitrogen functional groups attached to an aromatic ring is 3. The molecule has 0 fully saturated rings. The lowest BCUT2D eigenvalue weighted by Crippen LogP contribution is -2.15. The van der Waals surface area contributed by atoms with Crippen molar-refractivity contribution in [2.24, 2.45) is 0 Å². The molecule has 2 aromatic carbocycles. The van der Waals surface area contributed by atoms with Gasteiger partial charge in [-0.2, -0.15) is 15.0 Å². The van der Waals surface area contributed by atoms with Crippen molar-refractivity contribution >= 4 is 46.2 Å². The summed E-state index contributed by atoms with van der Waals surface area (Å²) in [6.07, 6.45) is 0. The van der Waals surface area contributed by atoms with Gasteiger partial charge in [-0.1, -0.05) is 0 Å². The van der Waals surface area contributed by atoms with Crippen LogP contribution in [-0.4, -0.2) is 15.0 Å². The molecule has 3 rings (SSSR count). The van der Waals surface area contributed by atoms with Crippen LogP contribution in [0.4, 0.5) is 34.6 Å². The molecule has 0 radical (unpaired) electrons. The summed E-state index contributed by atoms with van der Waals surface area (Å²) in [6.45, 7) is 0. The minimum absolute atomic E-state index is 0.0170. The van der Waals surface area contributed by atoms with Gasteiger partial charge in [-0.25, -0.2) is 0 Å². The molecule has 1 aromatic heterocycles. The Balaban J connectivity index is 2.16. The summed E-state index contributed by atoms with van der Waals surface area (Å²) in [5, 5.41) is 0.0170. The van der Waals surface area contributed by atoms with Crippen LogP contribution in [0, 0.1) is 0 Å². The Morgan fingerprint density at radius 3 is 1.61 bits per heavy atom. The first-order chi connectivity index (χ1) is 11.0. The lowest BCUT2D eigenvalue weighted by atomic mass is 10.2. The lowest BCUT2D eigenvalue weighted by molar-refractivity contribution is 1.02. The van der Waals surface area contributed by atoms with Crippen LogP contribution in [0.3, 0.4) is 0 Å². The Labute approximate surface area is 137 Å². The first kappa shape index (κ1) is 14.9. The van der Waals surface area contributed by atoms with E-state index in [0.717, 1.165) is 11.4 Å². The largest absolute Gasteiger partial charge is 0.399 e. The highest BCUT2D eigenvalue weighted by atomic mass is 35.5. The molecule has 0 saturated carbocycles. The summed E-state index contributed by atoms with van der Waals surface area (Å²) in [4.78, 5) is 13.9. The second-order valence-electron chi connectivity index (χ2n) is 4.78. The Hall–Kier alpha value is -3.06. The minimum atomic E-state index is 0.0170. The number of halogens is 1. The molecule has 0 saturated heterocycles. The molecule has 3 aromatic rings. The number of nitrogens with two attached hydrogens (primary N) is 3. The fourth-order valence-electron chi connectivity index (χ4n) is 2.08. The Bertz CT molecular complexity index is 752. The fraction of sp³-hybridized carbons (Fsp3) is 0. The first-order valence-electron chi connectivity index (χ1n) is 6.71. The number of nitrogens with zero attached hydrogens (tertiary/aromatic N) is 4. The molecule has 0 aliphatic heterocycles. The average Bonchev–Trinajstić information content (AvgIpc) is 2.50. The van der Waals surface area contributed by atoms with E-state index in [0.29, 0.717) is 17.3 Å². The number of anilines is 6. The average molecular weight is 328 g/mol. The molecule has 7 nitrogen and oxygen atoms in total. The number of hydrogen-bond acceptors (Lipinski definition) is 7. The van der Waals surface area contributed by atoms with Crippen molar-refractivity contribution in [2.75, 3.05) is 22.1 Å². The van der Waals surface area contributed by atoms with Crippen LogP contribution in [0.1, 0.15) is 0 Å². The highest BCUT2D eigenvalue weighted by Gasteiger charge is 2.16. The monoisotopic (exact) mass is 327 g/mol. The van der Waals surface area contributed by atoms with Gasteiger partial charge >= 0.3 is 0 Å². The van der Waals surface area contributed by atoms with Crippen molar-refractivity contribution in [3.05, 3.63) is 53.8 Å². The van der Waals surface area contributed by atoms with Gasteiger partial charge in [0, 0.05) is 22.7 Å². The maximum Gasteiger partial charge on any atom is 0.240 e. The van der Waals surface area contributed by atoms with E-state index in [1.165, 1.54) is 0 Å². The Morgan fingerprint density at radius 1 is 0.696 bits per heavy atom. The normalized spacial score (nSPS) is 10.5. The fourth-order valence-corrected chi connectivity index (χ4v) is 2.24. The molecular weight excluding hydrogens is 314 g/mol. The zero-order valence-electron chi connectivity index (χ0n) is 12.0. The van der Waals surface area contributed by atoms with Gasteiger partial charge < -0.3 is 17.2 Å². The van der Waals surface area contributed by atoms with Crippen molar-refractivity contribution in [3.8, 4) is 0 Å². The maximum absolute atomic E-state index is 5.91. The Morgan fingerprint density at radius 2 is 1.17 bits per heavy atom. The predicted octanol–water partition coefficient (Wildman–Crippen LogP) is 2.74. The quantitative estimate of drug-likeness (QED) is 0.632. The molecule has 8 heteroatoms. The van der Waals surface area contributed by atoms with Crippen molar-refractivity contribution in [1.29, 1.82) is 0 Å². The van der Waals surface area contributed by atoms with Gasteiger partial charge in [0.2, 0.25) is 17.2 Å². The van der Waals surface area contributed by atoms with Crippen LogP contribution >= 0.6 is 11.6 Å². The molecule has 0 unspecified atom stereocenters. The first-order valence-corrected chi connectivity index (χ1v) is 7.09. The SMILES string of the molecule is Nc1ccc(N(c2ccc(N)cc2)c2nc(N)nc(Cl)n2)cc1. The highest BCUT2D eigenvalue weighted by Crippen LogP contribution is 2.33. The van der Waals surface area contributed by atoms with Gasteiger partial charge in [0.05, 0.1) is 0 Å². The number of aromatic nitrogens is 3. The molecule has 1 heterocycles. The predicted molar refractivity (Wildman–Crippen MR) is 92.8 cm³/mol. The highest BCUT2D eigenvalue weighted by molar-refractivity contribution is 6.28. The smallest absolute Gasteiger partial charge is 0.240 e. The molecule has 0 atom stereocenters. The Kier molecular flexibility index (Phi) is 3.86. The van der Waals surface area contributed by atoms with Crippen LogP contribution in [0.2, 0.25) is 5.28 Å². The van der Waals surface area contributed by atoms with Crippen LogP contribution in [-0.2, 0) is 0 Å². The third-order valence-corrected chi connectivity index (χ3v) is 3.29. The summed E-state index contributed by atoms with van der Waals surface area (Å²) in [6, 6.07) is 14.5. The second kappa shape index (κ2) is 5.98. The summed E-state index contributed by atoms with van der Waals surface area (Å²) in [5.41, 5.74) is 20.1. The number of benzene rings is 2. The minimum Gasteiger partial charge on any atom is -0.399 e. The zero-order chi connectivity index (χ0) is 16.4. The molecule has 0 aliphatic carbocycles. The number of hydrogen-bond donors (Lipinski definition) is 3. The summed E-state index contributed by atoms with van der Waals surface area (Å²) >= 11 is 5.91. The van der Waals surface area contributed by atoms with Crippen molar-refractivity contribution in [2.45, 2.75) is 0 Å². The van der Waals surface area contributed by atoms with Crippen LogP contribution in [0.25, 0.3) is 0 Å². The van der Waals surface area contributed by atoms with E-state index in [2.05, 4.69) is 15.0 Å². The van der Waals surface area contributed by atoms with E-state index in [9.17, 15) is 0 Å². The van der Waals surface area contributed by atoms with Gasteiger partial charge in [-0.3, -0.25) is 4.90 Å². The summed E-state index contributed by atoms with van der Waals surface area (Å²) in [5.74, 6) is 0.341. The molecule has 0 aliphatic rings. The summed E-state index contributed by atoms with van der Waals surface area (Å²) in [7, 11) is 0. The van der Waals surface area contributed by atoms with E-state index in [-0.39, 0.29) is 11.2 Å². The molecule has 116 valence electrons. The molecule has 6 N–H and O–H groups in total. The van der Waals surface area contributed by atoms with Crippen LogP contribution < -0.4 is 22.1 Å². The van der Waals surface area contributed by atoms with E-state index < -0.39 is 0 Å². The van der Waals surface area contributed by atoms with Crippen molar-refractivity contribution in [3.63, 3.8) is 0 Å². The van der Waals surface area contributed by atoms with Gasteiger partial charge in [-0.15, -0.1) is 0 Å². The molecule has 0 amide bonds. The molecule has 23 heavy (non-hydrogen) atoms. The third kappa shape index (κ3) is 3.24. The molecular formula is C15H14ClN7. The van der Waals surface area contributed by atoms with Crippen molar-refractivity contribution < 1.29 is 0 Å². The van der Waals surface area contributed by atoms with Gasteiger partial charge in [0.25, 0.3) is 0 Å². The van der Waals surface area contributed by atoms with E-state index in [1.807, 2.05) is 24.3 Å². The van der Waals surface area contributed by atoms with E-state index in [4.69, 9.17) is 28.8 Å². The van der Waals surface area contributed by atoms with Gasteiger partial charge in [-0.05, 0) is 60.1 Å². The third-order valence-electron chi connectivity index (χ3n) is 3.12. The molecule has 0 spiro atoms. The number of rotatable bonds is 3. The topological polar surface area (TPSA) is 120 Å². The molecule has 0 bridgehead atoms. The maximum atomic E-state index is 5.91. The lowest BCUT2D eigenvalue weighted by Gasteiger charge is -2.23. The zero-order valence-corrected chi connectivity index (χ0v) is 12.8. The van der Waals surface area contributed by atoms with Crippen LogP contribution in [0.15, 0.2) is 48.5 Å². The van der Waals surface area contributed by atoms with E-state index >= 15 is 0 Å². The van der Waals surface area contributed by atoms with Crippen LogP contribution in [0.5, 0.6) is 0 Å².